The van der Waals surface area contributed by atoms with E-state index in [9.17, 15) is 18.4 Å². The van der Waals surface area contributed by atoms with Crippen LogP contribution in [0.2, 0.25) is 0 Å². The van der Waals surface area contributed by atoms with E-state index in [4.69, 9.17) is 0 Å². The summed E-state index contributed by atoms with van der Waals surface area (Å²) >= 11 is 0. The van der Waals surface area contributed by atoms with Gasteiger partial charge in [0.2, 0.25) is 5.91 Å². The first-order valence-corrected chi connectivity index (χ1v) is 8.53. The van der Waals surface area contributed by atoms with Crippen molar-refractivity contribution in [2.45, 2.75) is 38.8 Å². The fraction of sp³-hybridized carbons (Fsp3) is 0.556. The third-order valence-electron chi connectivity index (χ3n) is 4.49. The molecule has 1 aromatic carbocycles. The van der Waals surface area contributed by atoms with E-state index in [1.807, 2.05) is 7.05 Å². The molecule has 1 aliphatic rings. The average molecular weight is 353 g/mol. The summed E-state index contributed by atoms with van der Waals surface area (Å²) < 4.78 is 27.5. The lowest BCUT2D eigenvalue weighted by atomic mass is 10.00. The maximum atomic E-state index is 13.8. The quantitative estimate of drug-likeness (QED) is 0.850. The first-order valence-electron chi connectivity index (χ1n) is 8.53. The van der Waals surface area contributed by atoms with Gasteiger partial charge in [0.1, 0.15) is 23.2 Å². The van der Waals surface area contributed by atoms with Gasteiger partial charge in [-0.25, -0.2) is 8.78 Å². The van der Waals surface area contributed by atoms with Crippen molar-refractivity contribution in [3.8, 4) is 0 Å². The van der Waals surface area contributed by atoms with Crippen molar-refractivity contribution < 1.29 is 18.4 Å². The molecule has 7 heteroatoms. The molecule has 1 unspecified atom stereocenters. The van der Waals surface area contributed by atoms with Crippen LogP contribution >= 0.6 is 0 Å². The van der Waals surface area contributed by atoms with Gasteiger partial charge in [0, 0.05) is 6.04 Å². The Balaban J connectivity index is 2.05. The Morgan fingerprint density at radius 1 is 1.16 bits per heavy atom. The Kier molecular flexibility index (Phi) is 6.47. The molecule has 0 saturated carbocycles. The first kappa shape index (κ1) is 19.3. The minimum absolute atomic E-state index is 0.0482. The van der Waals surface area contributed by atoms with Crippen molar-refractivity contribution in [3.05, 3.63) is 35.4 Å². The number of nitrogens with one attached hydrogen (secondary N) is 2. The minimum Gasteiger partial charge on any atom is -0.351 e. The van der Waals surface area contributed by atoms with Crippen LogP contribution in [-0.4, -0.2) is 48.9 Å². The second-order valence-electron chi connectivity index (χ2n) is 6.88. The standard InChI is InChI=1S/C18H25F2N3O2/c1-11(2)16(18(25)21-12-7-9-23(3)10-8-12)22-17(24)15-13(19)5-4-6-14(15)20/h4-6,11-12,16H,7-10H2,1-3H3,(H,21,25)(H,22,24). The van der Waals surface area contributed by atoms with Gasteiger partial charge < -0.3 is 15.5 Å². The SMILES string of the molecule is CC(C)C(NC(=O)c1c(F)cccc1F)C(=O)NC1CCN(C)CC1. The third-order valence-corrected chi connectivity index (χ3v) is 4.49. The molecule has 0 spiro atoms. The van der Waals surface area contributed by atoms with Crippen LogP contribution in [0.15, 0.2) is 18.2 Å². The van der Waals surface area contributed by atoms with Gasteiger partial charge >= 0.3 is 0 Å². The van der Waals surface area contributed by atoms with E-state index in [2.05, 4.69) is 15.5 Å². The molecule has 2 N–H and O–H groups in total. The monoisotopic (exact) mass is 353 g/mol. The van der Waals surface area contributed by atoms with Gasteiger partial charge in [0.05, 0.1) is 0 Å². The molecule has 0 aliphatic carbocycles. The Morgan fingerprint density at radius 2 is 1.72 bits per heavy atom. The first-order chi connectivity index (χ1) is 11.8. The number of carbonyl (C=O) groups is 2. The van der Waals surface area contributed by atoms with Crippen LogP contribution < -0.4 is 10.6 Å². The van der Waals surface area contributed by atoms with Crippen molar-refractivity contribution in [1.82, 2.24) is 15.5 Å². The van der Waals surface area contributed by atoms with Crippen molar-refractivity contribution in [2.75, 3.05) is 20.1 Å². The minimum atomic E-state index is -0.948. The summed E-state index contributed by atoms with van der Waals surface area (Å²) in [6.45, 7) is 5.34. The second kappa shape index (κ2) is 8.38. The third kappa shape index (κ3) is 4.98. The lowest BCUT2D eigenvalue weighted by molar-refractivity contribution is -0.125. The van der Waals surface area contributed by atoms with Crippen LogP contribution in [0, 0.1) is 17.6 Å². The number of amides is 2. The number of likely N-dealkylation sites (tertiary alicyclic amines) is 1. The maximum Gasteiger partial charge on any atom is 0.257 e. The van der Waals surface area contributed by atoms with Gasteiger partial charge in [-0.2, -0.15) is 0 Å². The molecular weight excluding hydrogens is 328 g/mol. The summed E-state index contributed by atoms with van der Waals surface area (Å²) in [5, 5.41) is 5.41. The number of rotatable bonds is 5. The van der Waals surface area contributed by atoms with E-state index in [1.165, 1.54) is 6.07 Å². The molecule has 5 nitrogen and oxygen atoms in total. The van der Waals surface area contributed by atoms with E-state index in [0.717, 1.165) is 38.1 Å². The van der Waals surface area contributed by atoms with E-state index >= 15 is 0 Å². The summed E-state index contributed by atoms with van der Waals surface area (Å²) in [4.78, 5) is 27.0. The van der Waals surface area contributed by atoms with Gasteiger partial charge in [-0.3, -0.25) is 9.59 Å². The molecule has 2 amide bonds. The van der Waals surface area contributed by atoms with Crippen LogP contribution in [0.4, 0.5) is 8.78 Å². The molecule has 1 atom stereocenters. The number of hydrogen-bond acceptors (Lipinski definition) is 3. The van der Waals surface area contributed by atoms with E-state index in [0.29, 0.717) is 0 Å². The molecule has 0 radical (unpaired) electrons. The van der Waals surface area contributed by atoms with Gasteiger partial charge in [-0.15, -0.1) is 0 Å². The Morgan fingerprint density at radius 3 is 2.24 bits per heavy atom. The molecule has 2 rings (SSSR count). The highest BCUT2D eigenvalue weighted by Gasteiger charge is 2.29. The highest BCUT2D eigenvalue weighted by Crippen LogP contribution is 2.14. The predicted molar refractivity (Wildman–Crippen MR) is 91.1 cm³/mol. The molecule has 1 saturated heterocycles. The summed E-state index contributed by atoms with van der Waals surface area (Å²) in [6, 6.07) is 2.41. The summed E-state index contributed by atoms with van der Waals surface area (Å²) in [7, 11) is 2.03. The van der Waals surface area contributed by atoms with Crippen molar-refractivity contribution in [1.29, 1.82) is 0 Å². The van der Waals surface area contributed by atoms with Crippen LogP contribution in [0.1, 0.15) is 37.0 Å². The Bertz CT molecular complexity index is 608. The average Bonchev–Trinajstić information content (AvgIpc) is 2.54. The Hall–Kier alpha value is -2.02. The van der Waals surface area contributed by atoms with Gasteiger partial charge in [-0.05, 0) is 51.0 Å². The molecule has 138 valence electrons. The summed E-state index contributed by atoms with van der Waals surface area (Å²) in [5.74, 6) is -3.36. The lowest BCUT2D eigenvalue weighted by Gasteiger charge is -2.31. The van der Waals surface area contributed by atoms with E-state index < -0.39 is 29.1 Å². The van der Waals surface area contributed by atoms with Gasteiger partial charge in [-0.1, -0.05) is 19.9 Å². The van der Waals surface area contributed by atoms with Crippen molar-refractivity contribution >= 4 is 11.8 Å². The number of carbonyl (C=O) groups excluding carboxylic acids is 2. The number of piperidine rings is 1. The molecule has 1 fully saturated rings. The van der Waals surface area contributed by atoms with Crippen LogP contribution in [-0.2, 0) is 4.79 Å². The second-order valence-corrected chi connectivity index (χ2v) is 6.88. The number of benzene rings is 1. The number of nitrogens with zero attached hydrogens (tertiary/aromatic N) is 1. The highest BCUT2D eigenvalue weighted by molar-refractivity contribution is 5.98. The molecular formula is C18H25F2N3O2. The Labute approximate surface area is 146 Å². The van der Waals surface area contributed by atoms with Crippen LogP contribution in [0.5, 0.6) is 0 Å². The fourth-order valence-corrected chi connectivity index (χ4v) is 2.91. The lowest BCUT2D eigenvalue weighted by Crippen LogP contribution is -2.53. The van der Waals surface area contributed by atoms with Gasteiger partial charge in [0.15, 0.2) is 0 Å². The summed E-state index contributed by atoms with van der Waals surface area (Å²) in [6.07, 6.45) is 1.67. The highest BCUT2D eigenvalue weighted by atomic mass is 19.1. The molecule has 25 heavy (non-hydrogen) atoms. The molecule has 1 aromatic rings. The predicted octanol–water partition coefficient (Wildman–Crippen LogP) is 1.93. The number of hydrogen-bond donors (Lipinski definition) is 2. The maximum absolute atomic E-state index is 13.8. The smallest absolute Gasteiger partial charge is 0.257 e. The van der Waals surface area contributed by atoms with Crippen molar-refractivity contribution in [2.24, 2.45) is 5.92 Å². The van der Waals surface area contributed by atoms with E-state index in [1.54, 1.807) is 13.8 Å². The van der Waals surface area contributed by atoms with Crippen LogP contribution in [0.3, 0.4) is 0 Å². The fourth-order valence-electron chi connectivity index (χ4n) is 2.91. The summed E-state index contributed by atoms with van der Waals surface area (Å²) in [5.41, 5.74) is -0.666. The van der Waals surface area contributed by atoms with E-state index in [-0.39, 0.29) is 17.9 Å². The largest absolute Gasteiger partial charge is 0.351 e. The zero-order chi connectivity index (χ0) is 18.6. The van der Waals surface area contributed by atoms with Crippen LogP contribution in [0.25, 0.3) is 0 Å². The molecule has 0 bridgehead atoms. The zero-order valence-corrected chi connectivity index (χ0v) is 14.8. The normalized spacial score (nSPS) is 17.4. The molecule has 1 aliphatic heterocycles. The zero-order valence-electron chi connectivity index (χ0n) is 14.8. The molecule has 0 aromatic heterocycles. The topological polar surface area (TPSA) is 61.4 Å². The number of halogens is 2. The van der Waals surface area contributed by atoms with Crippen molar-refractivity contribution in [3.63, 3.8) is 0 Å². The molecule has 1 heterocycles. The van der Waals surface area contributed by atoms with Gasteiger partial charge in [0.25, 0.3) is 5.91 Å².